The third-order valence-electron chi connectivity index (χ3n) is 2.63. The molecule has 2 aromatic heterocycles. The van der Waals surface area contributed by atoms with E-state index in [9.17, 15) is 5.11 Å². The van der Waals surface area contributed by atoms with E-state index in [-0.39, 0.29) is 0 Å². The van der Waals surface area contributed by atoms with Crippen molar-refractivity contribution in [1.29, 1.82) is 0 Å². The second-order valence-corrected chi connectivity index (χ2v) is 5.45. The van der Waals surface area contributed by atoms with Gasteiger partial charge in [-0.1, -0.05) is 18.5 Å². The first-order chi connectivity index (χ1) is 8.20. The highest BCUT2D eigenvalue weighted by molar-refractivity contribution is 7.12. The summed E-state index contributed by atoms with van der Waals surface area (Å²) in [5.41, 5.74) is 0.931. The van der Waals surface area contributed by atoms with Crippen LogP contribution in [-0.4, -0.2) is 10.1 Å². The van der Waals surface area contributed by atoms with E-state index >= 15 is 0 Å². The Labute approximate surface area is 110 Å². The first-order valence-electron chi connectivity index (χ1n) is 5.55. The van der Waals surface area contributed by atoms with Crippen LogP contribution in [-0.2, 0) is 12.8 Å². The van der Waals surface area contributed by atoms with Gasteiger partial charge in [-0.3, -0.25) is 4.98 Å². The molecule has 0 aromatic carbocycles. The summed E-state index contributed by atoms with van der Waals surface area (Å²) in [5.74, 6) is 0. The second-order valence-electron chi connectivity index (χ2n) is 3.84. The molecule has 0 saturated carbocycles. The molecule has 1 N–H and O–H groups in total. The molecule has 2 heterocycles. The van der Waals surface area contributed by atoms with Gasteiger partial charge in [-0.25, -0.2) is 0 Å². The normalized spacial score (nSPS) is 12.6. The SMILES string of the molecule is CCc1ccc(C(O)Cc2ccncc2Cl)s1. The largest absolute Gasteiger partial charge is 0.387 e. The molecule has 90 valence electrons. The summed E-state index contributed by atoms with van der Waals surface area (Å²) in [6.07, 6.45) is 4.36. The minimum atomic E-state index is -0.486. The maximum Gasteiger partial charge on any atom is 0.0922 e. The summed E-state index contributed by atoms with van der Waals surface area (Å²) in [4.78, 5) is 6.22. The molecule has 0 bridgehead atoms. The fourth-order valence-electron chi connectivity index (χ4n) is 1.64. The molecule has 0 spiro atoms. The Morgan fingerprint density at radius 3 is 2.88 bits per heavy atom. The van der Waals surface area contributed by atoms with Crippen LogP contribution < -0.4 is 0 Å². The Kier molecular flexibility index (Phi) is 4.15. The molecule has 0 aliphatic rings. The molecule has 17 heavy (non-hydrogen) atoms. The van der Waals surface area contributed by atoms with Gasteiger partial charge in [0.05, 0.1) is 11.1 Å². The molecular weight excluding hydrogens is 254 g/mol. The van der Waals surface area contributed by atoms with Crippen LogP contribution in [0.5, 0.6) is 0 Å². The average Bonchev–Trinajstić information content (AvgIpc) is 2.81. The highest BCUT2D eigenvalue weighted by Gasteiger charge is 2.12. The predicted molar refractivity (Wildman–Crippen MR) is 71.6 cm³/mol. The van der Waals surface area contributed by atoms with E-state index in [2.05, 4.69) is 18.0 Å². The van der Waals surface area contributed by atoms with Crippen molar-refractivity contribution in [3.63, 3.8) is 0 Å². The number of nitrogens with zero attached hydrogens (tertiary/aromatic N) is 1. The number of hydrogen-bond acceptors (Lipinski definition) is 3. The smallest absolute Gasteiger partial charge is 0.0922 e. The van der Waals surface area contributed by atoms with Gasteiger partial charge >= 0.3 is 0 Å². The van der Waals surface area contributed by atoms with Crippen molar-refractivity contribution in [2.75, 3.05) is 0 Å². The van der Waals surface area contributed by atoms with Crippen molar-refractivity contribution in [2.45, 2.75) is 25.9 Å². The Hall–Kier alpha value is -0.900. The van der Waals surface area contributed by atoms with Crippen LogP contribution in [0.2, 0.25) is 5.02 Å². The second kappa shape index (κ2) is 5.63. The van der Waals surface area contributed by atoms with E-state index in [4.69, 9.17) is 11.6 Å². The molecule has 1 atom stereocenters. The summed E-state index contributed by atoms with van der Waals surface area (Å²) in [6, 6.07) is 5.90. The standard InChI is InChI=1S/C13H14ClNOS/c1-2-10-3-4-13(17-10)12(16)7-9-5-6-15-8-11(9)14/h3-6,8,12,16H,2,7H2,1H3. The van der Waals surface area contributed by atoms with Gasteiger partial charge in [-0.15, -0.1) is 11.3 Å². The Morgan fingerprint density at radius 2 is 2.24 bits per heavy atom. The summed E-state index contributed by atoms with van der Waals surface area (Å²) in [6.45, 7) is 2.11. The summed E-state index contributed by atoms with van der Waals surface area (Å²) in [7, 11) is 0. The average molecular weight is 268 g/mol. The molecule has 1 unspecified atom stereocenters. The van der Waals surface area contributed by atoms with Gasteiger partial charge in [0.1, 0.15) is 0 Å². The monoisotopic (exact) mass is 267 g/mol. The zero-order valence-corrected chi connectivity index (χ0v) is 11.1. The van der Waals surface area contributed by atoms with E-state index in [1.54, 1.807) is 23.7 Å². The van der Waals surface area contributed by atoms with Crippen LogP contribution in [0.25, 0.3) is 0 Å². The Morgan fingerprint density at radius 1 is 1.41 bits per heavy atom. The van der Waals surface area contributed by atoms with Crippen LogP contribution in [0.4, 0.5) is 0 Å². The number of aliphatic hydroxyl groups is 1. The van der Waals surface area contributed by atoms with Crippen LogP contribution in [0.3, 0.4) is 0 Å². The van der Waals surface area contributed by atoms with Gasteiger partial charge in [0.25, 0.3) is 0 Å². The van der Waals surface area contributed by atoms with Gasteiger partial charge in [0.15, 0.2) is 0 Å². The molecule has 0 amide bonds. The topological polar surface area (TPSA) is 33.1 Å². The van der Waals surface area contributed by atoms with E-state index < -0.39 is 6.10 Å². The molecule has 0 saturated heterocycles. The van der Waals surface area contributed by atoms with Gasteiger partial charge in [0.2, 0.25) is 0 Å². The maximum atomic E-state index is 10.1. The van der Waals surface area contributed by atoms with E-state index in [0.29, 0.717) is 11.4 Å². The van der Waals surface area contributed by atoms with Crippen LogP contribution >= 0.6 is 22.9 Å². The molecule has 2 rings (SSSR count). The lowest BCUT2D eigenvalue weighted by atomic mass is 10.1. The predicted octanol–water partition coefficient (Wildman–Crippen LogP) is 3.64. The fourth-order valence-corrected chi connectivity index (χ4v) is 2.78. The lowest BCUT2D eigenvalue weighted by molar-refractivity contribution is 0.182. The van der Waals surface area contributed by atoms with Gasteiger partial charge in [-0.05, 0) is 30.2 Å². The number of rotatable bonds is 4. The number of thiophene rings is 1. The fraction of sp³-hybridized carbons (Fsp3) is 0.308. The Bertz CT molecular complexity index is 498. The highest BCUT2D eigenvalue weighted by Crippen LogP contribution is 2.28. The van der Waals surface area contributed by atoms with E-state index in [1.807, 2.05) is 12.1 Å². The summed E-state index contributed by atoms with van der Waals surface area (Å²) < 4.78 is 0. The quantitative estimate of drug-likeness (QED) is 0.918. The van der Waals surface area contributed by atoms with Crippen LogP contribution in [0, 0.1) is 0 Å². The van der Waals surface area contributed by atoms with Gasteiger partial charge in [0, 0.05) is 28.6 Å². The first kappa shape index (κ1) is 12.6. The van der Waals surface area contributed by atoms with Gasteiger partial charge < -0.3 is 5.11 Å². The molecule has 2 nitrogen and oxygen atoms in total. The van der Waals surface area contributed by atoms with Crippen molar-refractivity contribution in [2.24, 2.45) is 0 Å². The highest BCUT2D eigenvalue weighted by atomic mass is 35.5. The minimum Gasteiger partial charge on any atom is -0.387 e. The third-order valence-corrected chi connectivity index (χ3v) is 4.30. The van der Waals surface area contributed by atoms with Gasteiger partial charge in [-0.2, -0.15) is 0 Å². The zero-order valence-electron chi connectivity index (χ0n) is 9.56. The number of pyridine rings is 1. The number of hydrogen-bond donors (Lipinski definition) is 1. The lowest BCUT2D eigenvalue weighted by Gasteiger charge is -2.09. The summed E-state index contributed by atoms with van der Waals surface area (Å²) >= 11 is 7.68. The number of aromatic nitrogens is 1. The molecule has 0 aliphatic heterocycles. The maximum absolute atomic E-state index is 10.1. The third kappa shape index (κ3) is 3.06. The van der Waals surface area contributed by atoms with E-state index in [0.717, 1.165) is 16.9 Å². The van der Waals surface area contributed by atoms with Crippen LogP contribution in [0.1, 0.15) is 28.3 Å². The summed E-state index contributed by atoms with van der Waals surface area (Å²) in [5, 5.41) is 10.7. The van der Waals surface area contributed by atoms with Crippen LogP contribution in [0.15, 0.2) is 30.6 Å². The molecule has 0 radical (unpaired) electrons. The number of aryl methyl sites for hydroxylation is 1. The van der Waals surface area contributed by atoms with Crippen molar-refractivity contribution < 1.29 is 5.11 Å². The first-order valence-corrected chi connectivity index (χ1v) is 6.75. The molecule has 2 aromatic rings. The molecule has 0 fully saturated rings. The number of aliphatic hydroxyl groups excluding tert-OH is 1. The lowest BCUT2D eigenvalue weighted by Crippen LogP contribution is -2.00. The zero-order chi connectivity index (χ0) is 12.3. The molecule has 4 heteroatoms. The molecular formula is C13H14ClNOS. The minimum absolute atomic E-state index is 0.486. The van der Waals surface area contributed by atoms with Crippen molar-refractivity contribution in [1.82, 2.24) is 4.98 Å². The number of halogens is 1. The van der Waals surface area contributed by atoms with E-state index in [1.165, 1.54) is 4.88 Å². The van der Waals surface area contributed by atoms with Crippen molar-refractivity contribution in [3.8, 4) is 0 Å². The molecule has 0 aliphatic carbocycles. The van der Waals surface area contributed by atoms with Crippen molar-refractivity contribution in [3.05, 3.63) is 50.9 Å². The Balaban J connectivity index is 2.11. The van der Waals surface area contributed by atoms with Crippen molar-refractivity contribution >= 4 is 22.9 Å².